The zero-order valence-corrected chi connectivity index (χ0v) is 11.8. The predicted octanol–water partition coefficient (Wildman–Crippen LogP) is 6.33. The van der Waals surface area contributed by atoms with Crippen LogP contribution in [0.25, 0.3) is 0 Å². The van der Waals surface area contributed by atoms with E-state index < -0.39 is 7.63 Å². The molecule has 0 aromatic carbocycles. The minimum atomic E-state index is -1.21. The fraction of sp³-hybridized carbons (Fsp3) is 1.00. The van der Waals surface area contributed by atoms with Crippen LogP contribution in [0, 0.1) is 5.16 Å². The second-order valence-corrected chi connectivity index (χ2v) is 6.78. The first-order valence-electron chi connectivity index (χ1n) is 0.715. The Bertz CT molecular complexity index is 93.9. The monoisotopic (exact) mass is 456 g/mol. The smallest absolute Gasteiger partial charge is 0 e. The van der Waals surface area contributed by atoms with Gasteiger partial charge in [0.15, 0.2) is 0 Å². The van der Waals surface area contributed by atoms with E-state index in [1.807, 2.05) is 0 Å². The minimum absolute atomic E-state index is 0. The molecule has 2 radical (unpaired) electrons. The molecule has 0 saturated carbocycles. The van der Waals surface area contributed by atoms with Crippen LogP contribution in [0.4, 0.5) is 3.89 Å². The average Bonchev–Trinajstić information content (AvgIpc) is 1.38. The summed E-state index contributed by atoms with van der Waals surface area (Å²) < 4.78 is 11.2. The molecule has 0 aromatic rings. The summed E-state index contributed by atoms with van der Waals surface area (Å²) in [7, 11) is -1.12. The second-order valence-electron chi connectivity index (χ2n) is 0.288. The zero-order chi connectivity index (χ0) is 4.28. The van der Waals surface area contributed by atoms with E-state index in [9.17, 15) is 3.89 Å². The van der Waals surface area contributed by atoms with E-state index in [4.69, 9.17) is 5.16 Å². The van der Waals surface area contributed by atoms with Crippen LogP contribution >= 0.6 is 38.3 Å². The van der Waals surface area contributed by atoms with E-state index in [-0.39, 0.29) is 98.7 Å². The van der Waals surface area contributed by atoms with Crippen LogP contribution in [0.5, 0.6) is 0 Å². The fourth-order valence-electron chi connectivity index (χ4n) is 0. The van der Waals surface area contributed by atoms with Gasteiger partial charge in [-0.3, -0.25) is 0 Å². The van der Waals surface area contributed by atoms with Crippen molar-refractivity contribution < 1.29 is 41.0 Å². The number of hydrogen-bond donors (Lipinski definition) is 1. The van der Waals surface area contributed by atoms with Crippen molar-refractivity contribution in [2.45, 2.75) is 44.6 Å². The van der Waals surface area contributed by atoms with Gasteiger partial charge in [-0.1, -0.05) is 44.6 Å². The summed E-state index contributed by atoms with van der Waals surface area (Å²) in [6, 6.07) is 0. The SMILES string of the molecule is C.C.C.C.C.C.N=[P+]=S(F)I.P.[V].[V]. The van der Waals surface area contributed by atoms with Gasteiger partial charge in [0.1, 0.15) is 0 Å². The molecule has 0 rings (SSSR count). The van der Waals surface area contributed by atoms with Crippen molar-refractivity contribution in [2.75, 3.05) is 0 Å². The molecule has 96 valence electrons. The first kappa shape index (κ1) is 90.3. The van der Waals surface area contributed by atoms with E-state index in [0.29, 0.717) is 0 Å². The van der Waals surface area contributed by atoms with Crippen molar-refractivity contribution in [3.8, 4) is 0 Å². The van der Waals surface area contributed by atoms with Crippen molar-refractivity contribution in [3.63, 3.8) is 0 Å². The second kappa shape index (κ2) is 74.6. The van der Waals surface area contributed by atoms with Gasteiger partial charge in [0.2, 0.25) is 0 Å². The van der Waals surface area contributed by atoms with Crippen LogP contribution in [0.1, 0.15) is 44.6 Å². The molecule has 2 atom stereocenters. The zero-order valence-electron chi connectivity index (χ0n) is 3.71. The molecule has 0 aliphatic rings. The summed E-state index contributed by atoms with van der Waals surface area (Å²) >= 11 is 1.57. The molecule has 0 fully saturated rings. The van der Waals surface area contributed by atoms with Crippen LogP contribution < -0.4 is 0 Å². The van der Waals surface area contributed by atoms with Gasteiger partial charge in [-0.2, -0.15) is 9.90 Å². The standard InChI is InChI=1S/6CH4.FHINPS.H3P.2V/c;;;;;;1-5(2)4-3;;;/h6*1H4;3H;1H3;;/q;;;;;;+1;;;. The topological polar surface area (TPSA) is 23.9 Å². The summed E-state index contributed by atoms with van der Waals surface area (Å²) in [5.74, 6) is 0. The van der Waals surface area contributed by atoms with E-state index in [1.165, 1.54) is 0 Å². The Labute approximate surface area is 135 Å². The molecular formula is C6H28FINP2SV2+. The average molecular weight is 456 g/mol. The third kappa shape index (κ3) is 121. The molecule has 0 saturated heterocycles. The largest absolute Gasteiger partial charge is 0.153 e. The van der Waals surface area contributed by atoms with E-state index in [1.54, 1.807) is 21.2 Å². The molecule has 0 aliphatic heterocycles. The van der Waals surface area contributed by atoms with Gasteiger partial charge in [-0.25, -0.2) is 0 Å². The molecule has 0 spiro atoms. The maximum Gasteiger partial charge on any atom is 0 e. The molecular weight excluding hydrogens is 428 g/mol. The molecule has 1 N–H and O–H groups in total. The van der Waals surface area contributed by atoms with Crippen LogP contribution in [0.15, 0.2) is 0 Å². The summed E-state index contributed by atoms with van der Waals surface area (Å²) in [4.78, 5) is 0. The molecule has 8 heteroatoms. The molecule has 0 bridgehead atoms. The molecule has 0 amide bonds. The quantitative estimate of drug-likeness (QED) is 0.326. The van der Waals surface area contributed by atoms with E-state index in [2.05, 4.69) is 0 Å². The maximum absolute atomic E-state index is 11.2. The van der Waals surface area contributed by atoms with Crippen molar-refractivity contribution in [3.05, 3.63) is 0 Å². The van der Waals surface area contributed by atoms with Crippen molar-refractivity contribution >= 4 is 45.9 Å². The first-order valence-corrected chi connectivity index (χ1v) is 5.88. The Balaban J connectivity index is -0.00000000222. The predicted molar refractivity (Wildman–Crippen MR) is 83.6 cm³/mol. The van der Waals surface area contributed by atoms with Gasteiger partial charge in [-0.05, 0) is 0 Å². The van der Waals surface area contributed by atoms with E-state index >= 15 is 0 Å². The fourth-order valence-corrected chi connectivity index (χ4v) is 0. The summed E-state index contributed by atoms with van der Waals surface area (Å²) in [5, 5.41) is 6.26. The molecule has 14 heavy (non-hydrogen) atoms. The molecule has 2 unspecified atom stereocenters. The van der Waals surface area contributed by atoms with Gasteiger partial charge in [0.25, 0.3) is 0 Å². The Morgan fingerprint density at radius 1 is 0.929 bits per heavy atom. The summed E-state index contributed by atoms with van der Waals surface area (Å²) in [6.07, 6.45) is 0. The number of halogens is 2. The Morgan fingerprint density at radius 3 is 1.00 bits per heavy atom. The Morgan fingerprint density at radius 2 is 1.00 bits per heavy atom. The van der Waals surface area contributed by atoms with Crippen LogP contribution in [0.2, 0.25) is 0 Å². The van der Waals surface area contributed by atoms with Crippen LogP contribution in [-0.4, -0.2) is 0 Å². The van der Waals surface area contributed by atoms with E-state index in [0.717, 1.165) is 0 Å². The molecule has 0 heterocycles. The molecule has 0 aromatic heterocycles. The van der Waals surface area contributed by atoms with Gasteiger partial charge in [0.05, 0.1) is 0 Å². The van der Waals surface area contributed by atoms with Gasteiger partial charge in [-0.15, -0.1) is 0 Å². The normalized spacial score (nSPS) is 5.00. The summed E-state index contributed by atoms with van der Waals surface area (Å²) in [6.45, 7) is 0. The summed E-state index contributed by atoms with van der Waals surface area (Å²) in [5.41, 5.74) is 0. The maximum atomic E-state index is 11.2. The van der Waals surface area contributed by atoms with Gasteiger partial charge < -0.3 is 0 Å². The number of hydrogen-bond acceptors (Lipinski definition) is 1. The first-order chi connectivity index (χ1) is 2.27. The third-order valence-electron chi connectivity index (χ3n) is 0.0690. The van der Waals surface area contributed by atoms with Crippen LogP contribution in [0.3, 0.4) is 0 Å². The molecule has 0 aliphatic carbocycles. The van der Waals surface area contributed by atoms with Gasteiger partial charge in [0, 0.05) is 37.1 Å². The van der Waals surface area contributed by atoms with Crippen molar-refractivity contribution in [2.24, 2.45) is 0 Å². The van der Waals surface area contributed by atoms with Crippen molar-refractivity contribution in [1.29, 1.82) is 5.16 Å². The third-order valence-corrected chi connectivity index (χ3v) is 2.39. The Hall–Kier alpha value is 2.84. The minimum Gasteiger partial charge on any atom is -0.153 e. The van der Waals surface area contributed by atoms with Crippen LogP contribution in [-0.2, 0) is 44.7 Å². The van der Waals surface area contributed by atoms with Gasteiger partial charge >= 0.3 is 45.0 Å². The van der Waals surface area contributed by atoms with Crippen molar-refractivity contribution in [1.82, 2.24) is 0 Å². The Kier molecular flexibility index (Phi) is 481. The number of rotatable bonds is 0. The number of nitrogens with one attached hydrogen (secondary N) is 1. The molecule has 1 nitrogen and oxygen atoms in total.